The zero-order valence-electron chi connectivity index (χ0n) is 8.26. The molecule has 0 atom stereocenters. The highest BCUT2D eigenvalue weighted by Gasteiger charge is 1.99. The molecule has 0 aliphatic carbocycles. The van der Waals surface area contributed by atoms with Gasteiger partial charge < -0.3 is 5.32 Å². The van der Waals surface area contributed by atoms with Gasteiger partial charge in [0.1, 0.15) is 16.2 Å². The van der Waals surface area contributed by atoms with E-state index in [2.05, 4.69) is 37.8 Å². The van der Waals surface area contributed by atoms with Crippen LogP contribution in [0, 0.1) is 0 Å². The van der Waals surface area contributed by atoms with E-state index in [-0.39, 0.29) is 0 Å². The number of nitrogens with zero attached hydrogens (tertiary/aromatic N) is 2. The molecule has 1 N–H and O–H groups in total. The minimum atomic E-state index is 0.824. The standard InChI is InChI=1S/C10H14BrN3/c1-3-5-6-12-10-7-8(11)13-9(4-2)14-10/h3,7H,1,4-6H2,2H3,(H,12,13,14). The lowest BCUT2D eigenvalue weighted by atomic mass is 10.4. The van der Waals surface area contributed by atoms with Gasteiger partial charge in [-0.25, -0.2) is 9.97 Å². The Balaban J connectivity index is 2.66. The highest BCUT2D eigenvalue weighted by Crippen LogP contribution is 2.12. The summed E-state index contributed by atoms with van der Waals surface area (Å²) in [5, 5.41) is 3.21. The summed E-state index contributed by atoms with van der Waals surface area (Å²) < 4.78 is 0.824. The Bertz CT molecular complexity index is 312. The Hall–Kier alpha value is -0.900. The van der Waals surface area contributed by atoms with E-state index in [4.69, 9.17) is 0 Å². The van der Waals surface area contributed by atoms with E-state index in [1.807, 2.05) is 19.1 Å². The van der Waals surface area contributed by atoms with Gasteiger partial charge in [0.15, 0.2) is 0 Å². The summed E-state index contributed by atoms with van der Waals surface area (Å²) in [7, 11) is 0. The SMILES string of the molecule is C=CCCNc1cc(Br)nc(CC)n1. The first-order valence-electron chi connectivity index (χ1n) is 4.64. The molecule has 0 saturated heterocycles. The topological polar surface area (TPSA) is 37.8 Å². The van der Waals surface area contributed by atoms with E-state index < -0.39 is 0 Å². The van der Waals surface area contributed by atoms with Gasteiger partial charge in [0, 0.05) is 19.0 Å². The number of nitrogens with one attached hydrogen (secondary N) is 1. The molecule has 1 heterocycles. The average molecular weight is 256 g/mol. The molecule has 1 aromatic heterocycles. The number of aromatic nitrogens is 2. The second-order valence-electron chi connectivity index (χ2n) is 2.85. The van der Waals surface area contributed by atoms with E-state index in [0.29, 0.717) is 0 Å². The Morgan fingerprint density at radius 3 is 3.00 bits per heavy atom. The van der Waals surface area contributed by atoms with Crippen LogP contribution in [-0.2, 0) is 6.42 Å². The van der Waals surface area contributed by atoms with Crippen molar-refractivity contribution in [1.29, 1.82) is 0 Å². The van der Waals surface area contributed by atoms with Crippen molar-refractivity contribution < 1.29 is 0 Å². The predicted octanol–water partition coefficient (Wildman–Crippen LogP) is 2.79. The lowest BCUT2D eigenvalue weighted by Crippen LogP contribution is -2.05. The van der Waals surface area contributed by atoms with Crippen LogP contribution in [0.15, 0.2) is 23.3 Å². The molecule has 0 aliphatic heterocycles. The summed E-state index contributed by atoms with van der Waals surface area (Å²) in [5.74, 6) is 1.71. The van der Waals surface area contributed by atoms with Gasteiger partial charge in [0.25, 0.3) is 0 Å². The van der Waals surface area contributed by atoms with Crippen LogP contribution in [0.3, 0.4) is 0 Å². The fourth-order valence-electron chi connectivity index (χ4n) is 1.02. The highest BCUT2D eigenvalue weighted by atomic mass is 79.9. The number of hydrogen-bond acceptors (Lipinski definition) is 3. The van der Waals surface area contributed by atoms with Crippen LogP contribution >= 0.6 is 15.9 Å². The Morgan fingerprint density at radius 1 is 1.57 bits per heavy atom. The van der Waals surface area contributed by atoms with Crippen molar-refractivity contribution in [3.05, 3.63) is 29.1 Å². The molecule has 0 saturated carbocycles. The molecule has 1 rings (SSSR count). The Labute approximate surface area is 92.8 Å². The van der Waals surface area contributed by atoms with Gasteiger partial charge in [-0.05, 0) is 22.4 Å². The third kappa shape index (κ3) is 3.46. The van der Waals surface area contributed by atoms with Gasteiger partial charge >= 0.3 is 0 Å². The average Bonchev–Trinajstić information content (AvgIpc) is 2.17. The number of aryl methyl sites for hydroxylation is 1. The fraction of sp³-hybridized carbons (Fsp3) is 0.400. The van der Waals surface area contributed by atoms with Crippen LogP contribution in [0.5, 0.6) is 0 Å². The Kier molecular flexibility index (Phi) is 4.59. The van der Waals surface area contributed by atoms with Crippen molar-refractivity contribution in [1.82, 2.24) is 9.97 Å². The van der Waals surface area contributed by atoms with Gasteiger partial charge in [-0.15, -0.1) is 6.58 Å². The maximum atomic E-state index is 4.34. The van der Waals surface area contributed by atoms with E-state index >= 15 is 0 Å². The molecule has 0 radical (unpaired) electrons. The van der Waals surface area contributed by atoms with Crippen LogP contribution in [0.25, 0.3) is 0 Å². The molecule has 76 valence electrons. The van der Waals surface area contributed by atoms with Crippen LogP contribution < -0.4 is 5.32 Å². The quantitative estimate of drug-likeness (QED) is 0.500. The molecule has 3 nitrogen and oxygen atoms in total. The fourth-order valence-corrected chi connectivity index (χ4v) is 1.44. The second kappa shape index (κ2) is 5.75. The molecule has 0 aliphatic rings. The second-order valence-corrected chi connectivity index (χ2v) is 3.66. The normalized spacial score (nSPS) is 9.86. The number of halogens is 1. The molecule has 0 unspecified atom stereocenters. The molecule has 4 heteroatoms. The van der Waals surface area contributed by atoms with Gasteiger partial charge in [0.05, 0.1) is 0 Å². The van der Waals surface area contributed by atoms with Crippen molar-refractivity contribution in [2.24, 2.45) is 0 Å². The maximum absolute atomic E-state index is 4.34. The lowest BCUT2D eigenvalue weighted by Gasteiger charge is -2.05. The van der Waals surface area contributed by atoms with E-state index in [1.165, 1.54) is 0 Å². The third-order valence-corrected chi connectivity index (χ3v) is 2.12. The maximum Gasteiger partial charge on any atom is 0.131 e. The first kappa shape index (κ1) is 11.2. The van der Waals surface area contributed by atoms with Crippen molar-refractivity contribution in [3.63, 3.8) is 0 Å². The number of hydrogen-bond donors (Lipinski definition) is 1. The first-order chi connectivity index (χ1) is 6.76. The molecule has 0 spiro atoms. The number of rotatable bonds is 5. The third-order valence-electron chi connectivity index (χ3n) is 1.71. The summed E-state index contributed by atoms with van der Waals surface area (Å²) in [6.07, 6.45) is 3.66. The lowest BCUT2D eigenvalue weighted by molar-refractivity contribution is 0.919. The van der Waals surface area contributed by atoms with Crippen molar-refractivity contribution >= 4 is 21.7 Å². The number of anilines is 1. The van der Waals surface area contributed by atoms with E-state index in [1.54, 1.807) is 0 Å². The molecular weight excluding hydrogens is 242 g/mol. The van der Waals surface area contributed by atoms with Crippen LogP contribution in [0.4, 0.5) is 5.82 Å². The zero-order chi connectivity index (χ0) is 10.4. The molecule has 0 bridgehead atoms. The van der Waals surface area contributed by atoms with Crippen molar-refractivity contribution in [2.45, 2.75) is 19.8 Å². The van der Waals surface area contributed by atoms with Crippen LogP contribution in [0.2, 0.25) is 0 Å². The highest BCUT2D eigenvalue weighted by molar-refractivity contribution is 9.10. The zero-order valence-corrected chi connectivity index (χ0v) is 9.84. The van der Waals surface area contributed by atoms with E-state index in [9.17, 15) is 0 Å². The molecule has 1 aromatic rings. The molecule has 0 amide bonds. The Morgan fingerprint density at radius 2 is 2.36 bits per heavy atom. The van der Waals surface area contributed by atoms with Gasteiger partial charge in [-0.1, -0.05) is 13.0 Å². The summed E-state index contributed by atoms with van der Waals surface area (Å²) in [6, 6.07) is 1.88. The van der Waals surface area contributed by atoms with Gasteiger partial charge in [-0.3, -0.25) is 0 Å². The largest absolute Gasteiger partial charge is 0.370 e. The summed E-state index contributed by atoms with van der Waals surface area (Å²) >= 11 is 3.35. The summed E-state index contributed by atoms with van der Waals surface area (Å²) in [6.45, 7) is 6.56. The molecule has 14 heavy (non-hydrogen) atoms. The van der Waals surface area contributed by atoms with Crippen LogP contribution in [0.1, 0.15) is 19.2 Å². The minimum Gasteiger partial charge on any atom is -0.370 e. The van der Waals surface area contributed by atoms with Gasteiger partial charge in [0.2, 0.25) is 0 Å². The van der Waals surface area contributed by atoms with Crippen molar-refractivity contribution in [2.75, 3.05) is 11.9 Å². The van der Waals surface area contributed by atoms with Crippen LogP contribution in [-0.4, -0.2) is 16.5 Å². The summed E-state index contributed by atoms with van der Waals surface area (Å²) in [4.78, 5) is 8.56. The first-order valence-corrected chi connectivity index (χ1v) is 5.43. The predicted molar refractivity (Wildman–Crippen MR) is 62.4 cm³/mol. The smallest absolute Gasteiger partial charge is 0.131 e. The molecule has 0 fully saturated rings. The summed E-state index contributed by atoms with van der Waals surface area (Å²) in [5.41, 5.74) is 0. The van der Waals surface area contributed by atoms with E-state index in [0.717, 1.165) is 35.6 Å². The molecular formula is C10H14BrN3. The minimum absolute atomic E-state index is 0.824. The van der Waals surface area contributed by atoms with Gasteiger partial charge in [-0.2, -0.15) is 0 Å². The monoisotopic (exact) mass is 255 g/mol. The van der Waals surface area contributed by atoms with Crippen molar-refractivity contribution in [3.8, 4) is 0 Å². The molecule has 0 aromatic carbocycles.